The van der Waals surface area contributed by atoms with Gasteiger partial charge in [-0.1, -0.05) is 31.4 Å². The summed E-state index contributed by atoms with van der Waals surface area (Å²) in [5.74, 6) is -0.234. The molecule has 1 aromatic carbocycles. The Morgan fingerprint density at radius 1 is 1.30 bits per heavy atom. The zero-order valence-electron chi connectivity index (χ0n) is 12.6. The van der Waals surface area contributed by atoms with Crippen LogP contribution in [0.5, 0.6) is 0 Å². The van der Waals surface area contributed by atoms with E-state index in [1.165, 1.54) is 38.2 Å². The van der Waals surface area contributed by atoms with Crippen molar-refractivity contribution in [2.75, 3.05) is 13.6 Å². The minimum atomic E-state index is -0.573. The lowest BCUT2D eigenvalue weighted by Gasteiger charge is -2.31. The van der Waals surface area contributed by atoms with Crippen molar-refractivity contribution in [2.45, 2.75) is 57.6 Å². The number of aliphatic hydroxyl groups excluding tert-OH is 1. The molecule has 0 bridgehead atoms. The molecule has 0 amide bonds. The molecule has 0 radical (unpaired) electrons. The molecule has 3 heteroatoms. The highest BCUT2D eigenvalue weighted by atomic mass is 19.1. The van der Waals surface area contributed by atoms with Gasteiger partial charge < -0.3 is 10.0 Å². The SMILES string of the molecule is Cc1ccc(C(O)CCN(C)C2CCCCC2)cc1F. The maximum atomic E-state index is 13.5. The van der Waals surface area contributed by atoms with Crippen LogP contribution < -0.4 is 0 Å². The predicted molar refractivity (Wildman–Crippen MR) is 80.2 cm³/mol. The standard InChI is InChI=1S/C17H26FNO/c1-13-8-9-14(12-16(13)18)17(20)10-11-19(2)15-6-4-3-5-7-15/h8-9,12,15,17,20H,3-7,10-11H2,1-2H3. The highest BCUT2D eigenvalue weighted by Crippen LogP contribution is 2.24. The Morgan fingerprint density at radius 3 is 2.65 bits per heavy atom. The Labute approximate surface area is 121 Å². The van der Waals surface area contributed by atoms with E-state index in [1.807, 2.05) is 6.07 Å². The average Bonchev–Trinajstić information content (AvgIpc) is 2.48. The van der Waals surface area contributed by atoms with Crippen molar-refractivity contribution in [3.05, 3.63) is 35.1 Å². The molecule has 0 aromatic heterocycles. The number of nitrogens with zero attached hydrogens (tertiary/aromatic N) is 1. The number of aliphatic hydroxyl groups is 1. The van der Waals surface area contributed by atoms with Crippen molar-refractivity contribution >= 4 is 0 Å². The topological polar surface area (TPSA) is 23.5 Å². The zero-order chi connectivity index (χ0) is 14.5. The van der Waals surface area contributed by atoms with Crippen molar-refractivity contribution in [1.82, 2.24) is 4.90 Å². The summed E-state index contributed by atoms with van der Waals surface area (Å²) < 4.78 is 13.5. The van der Waals surface area contributed by atoms with Gasteiger partial charge in [-0.25, -0.2) is 4.39 Å². The third-order valence-corrected chi connectivity index (χ3v) is 4.53. The second-order valence-electron chi connectivity index (χ2n) is 6.09. The predicted octanol–water partition coefficient (Wildman–Crippen LogP) is 3.82. The number of benzene rings is 1. The Morgan fingerprint density at radius 2 is 2.00 bits per heavy atom. The van der Waals surface area contributed by atoms with E-state index in [0.717, 1.165) is 6.54 Å². The fourth-order valence-electron chi connectivity index (χ4n) is 3.01. The summed E-state index contributed by atoms with van der Waals surface area (Å²) in [4.78, 5) is 2.35. The Bertz CT molecular complexity index is 429. The van der Waals surface area contributed by atoms with E-state index in [4.69, 9.17) is 0 Å². The van der Waals surface area contributed by atoms with E-state index in [2.05, 4.69) is 11.9 Å². The van der Waals surface area contributed by atoms with Crippen LogP contribution in [0, 0.1) is 12.7 Å². The first-order valence-electron chi connectivity index (χ1n) is 7.72. The van der Waals surface area contributed by atoms with Crippen LogP contribution in [0.3, 0.4) is 0 Å². The summed E-state index contributed by atoms with van der Waals surface area (Å²) in [5, 5.41) is 10.2. The summed E-state index contributed by atoms with van der Waals surface area (Å²) in [6.07, 6.45) is 6.63. The van der Waals surface area contributed by atoms with Gasteiger partial charge in [0.15, 0.2) is 0 Å². The molecule has 0 aliphatic heterocycles. The van der Waals surface area contributed by atoms with Gasteiger partial charge in [0.1, 0.15) is 5.82 Å². The molecule has 1 saturated carbocycles. The zero-order valence-corrected chi connectivity index (χ0v) is 12.6. The molecule has 1 atom stereocenters. The van der Waals surface area contributed by atoms with Crippen LogP contribution in [-0.2, 0) is 0 Å². The molecule has 0 saturated heterocycles. The van der Waals surface area contributed by atoms with Crippen LogP contribution in [0.1, 0.15) is 55.8 Å². The molecule has 1 aliphatic carbocycles. The minimum Gasteiger partial charge on any atom is -0.388 e. The smallest absolute Gasteiger partial charge is 0.126 e. The normalized spacial score (nSPS) is 18.4. The van der Waals surface area contributed by atoms with Gasteiger partial charge in [0, 0.05) is 12.6 Å². The van der Waals surface area contributed by atoms with Crippen molar-refractivity contribution in [1.29, 1.82) is 0 Å². The largest absolute Gasteiger partial charge is 0.388 e. The third kappa shape index (κ3) is 4.03. The van der Waals surface area contributed by atoms with Crippen molar-refractivity contribution in [2.24, 2.45) is 0 Å². The summed E-state index contributed by atoms with van der Waals surface area (Å²) in [6, 6.07) is 5.67. The first-order valence-corrected chi connectivity index (χ1v) is 7.72. The quantitative estimate of drug-likeness (QED) is 0.885. The van der Waals surface area contributed by atoms with Crippen LogP contribution >= 0.6 is 0 Å². The van der Waals surface area contributed by atoms with Gasteiger partial charge in [-0.3, -0.25) is 0 Å². The number of rotatable bonds is 5. The van der Waals surface area contributed by atoms with Crippen molar-refractivity contribution < 1.29 is 9.50 Å². The molecule has 2 rings (SSSR count). The van der Waals surface area contributed by atoms with Gasteiger partial charge in [0.25, 0.3) is 0 Å². The molecule has 1 unspecified atom stereocenters. The van der Waals surface area contributed by atoms with Gasteiger partial charge in [0.05, 0.1) is 6.10 Å². The minimum absolute atomic E-state index is 0.234. The van der Waals surface area contributed by atoms with Gasteiger partial charge in [-0.05, 0) is 50.4 Å². The fourth-order valence-corrected chi connectivity index (χ4v) is 3.01. The average molecular weight is 279 g/mol. The number of halogens is 1. The highest BCUT2D eigenvalue weighted by Gasteiger charge is 2.19. The monoisotopic (exact) mass is 279 g/mol. The maximum absolute atomic E-state index is 13.5. The molecule has 20 heavy (non-hydrogen) atoms. The van der Waals surface area contributed by atoms with E-state index in [9.17, 15) is 9.50 Å². The Kier molecular flexibility index (Phi) is 5.55. The molecular formula is C17H26FNO. The van der Waals surface area contributed by atoms with Crippen LogP contribution in [0.25, 0.3) is 0 Å². The van der Waals surface area contributed by atoms with Gasteiger partial charge in [0.2, 0.25) is 0 Å². The van der Waals surface area contributed by atoms with Crippen LogP contribution in [0.2, 0.25) is 0 Å². The molecule has 112 valence electrons. The van der Waals surface area contributed by atoms with Gasteiger partial charge >= 0.3 is 0 Å². The summed E-state index contributed by atoms with van der Waals surface area (Å²) >= 11 is 0. The summed E-state index contributed by atoms with van der Waals surface area (Å²) in [5.41, 5.74) is 1.31. The lowest BCUT2D eigenvalue weighted by Crippen LogP contribution is -2.34. The van der Waals surface area contributed by atoms with E-state index < -0.39 is 6.10 Å². The third-order valence-electron chi connectivity index (χ3n) is 4.53. The van der Waals surface area contributed by atoms with Crippen molar-refractivity contribution in [3.63, 3.8) is 0 Å². The summed E-state index contributed by atoms with van der Waals surface area (Å²) in [6.45, 7) is 2.60. The van der Waals surface area contributed by atoms with Gasteiger partial charge in [-0.2, -0.15) is 0 Å². The first kappa shape index (κ1) is 15.5. The Balaban J connectivity index is 1.84. The first-order chi connectivity index (χ1) is 9.58. The lowest BCUT2D eigenvalue weighted by atomic mass is 9.94. The molecule has 0 spiro atoms. The molecule has 0 heterocycles. The number of hydrogen-bond acceptors (Lipinski definition) is 2. The number of hydrogen-bond donors (Lipinski definition) is 1. The van der Waals surface area contributed by atoms with Crippen LogP contribution in [0.15, 0.2) is 18.2 Å². The number of aryl methyl sites for hydroxylation is 1. The van der Waals surface area contributed by atoms with Crippen molar-refractivity contribution in [3.8, 4) is 0 Å². The molecule has 2 nitrogen and oxygen atoms in total. The molecule has 1 N–H and O–H groups in total. The molecule has 1 aliphatic rings. The summed E-state index contributed by atoms with van der Waals surface area (Å²) in [7, 11) is 2.14. The maximum Gasteiger partial charge on any atom is 0.126 e. The molecule has 1 aromatic rings. The fraction of sp³-hybridized carbons (Fsp3) is 0.647. The Hall–Kier alpha value is -0.930. The second-order valence-corrected chi connectivity index (χ2v) is 6.09. The molecular weight excluding hydrogens is 253 g/mol. The van der Waals surface area contributed by atoms with E-state index >= 15 is 0 Å². The van der Waals surface area contributed by atoms with E-state index in [0.29, 0.717) is 23.6 Å². The van der Waals surface area contributed by atoms with Gasteiger partial charge in [-0.15, -0.1) is 0 Å². The van der Waals surface area contributed by atoms with E-state index in [1.54, 1.807) is 13.0 Å². The van der Waals surface area contributed by atoms with Crippen LogP contribution in [-0.4, -0.2) is 29.6 Å². The van der Waals surface area contributed by atoms with Crippen LogP contribution in [0.4, 0.5) is 4.39 Å². The van der Waals surface area contributed by atoms with E-state index in [-0.39, 0.29) is 5.82 Å². The second kappa shape index (κ2) is 7.19. The lowest BCUT2D eigenvalue weighted by molar-refractivity contribution is 0.125. The highest BCUT2D eigenvalue weighted by molar-refractivity contribution is 5.24. The molecule has 1 fully saturated rings.